The van der Waals surface area contributed by atoms with Crippen LogP contribution in [0.4, 0.5) is 0 Å². The third-order valence-corrected chi connectivity index (χ3v) is 5.69. The van der Waals surface area contributed by atoms with Gasteiger partial charge in [-0.15, -0.1) is 0 Å². The molecule has 2 aromatic rings. The Morgan fingerprint density at radius 3 is 2.58 bits per heavy atom. The zero-order chi connectivity index (χ0) is 21.3. The Bertz CT molecular complexity index is 878. The minimum Gasteiger partial charge on any atom is -0.494 e. The standard InChI is InChI=1S/C25H32N4O2/c30-24-20-29(19-21-9-3-1-4-10-21)25(27-24)26-13-8-16-31-23-12-7-11-22(17-23)18-28-14-5-2-6-15-28/h1,3-4,7,9-12,17H,2,5-6,8,13-16,18-20H2,(H,26,27,30). The van der Waals surface area contributed by atoms with Crippen LogP contribution in [0.3, 0.4) is 0 Å². The van der Waals surface area contributed by atoms with Crippen molar-refractivity contribution < 1.29 is 9.53 Å². The summed E-state index contributed by atoms with van der Waals surface area (Å²) in [6.07, 6.45) is 4.77. The lowest BCUT2D eigenvalue weighted by molar-refractivity contribution is -0.118. The predicted octanol–water partition coefficient (Wildman–Crippen LogP) is 3.43. The van der Waals surface area contributed by atoms with Gasteiger partial charge >= 0.3 is 0 Å². The summed E-state index contributed by atoms with van der Waals surface area (Å²) < 4.78 is 5.96. The lowest BCUT2D eigenvalue weighted by Gasteiger charge is -2.26. The molecule has 0 aromatic heterocycles. The van der Waals surface area contributed by atoms with E-state index in [2.05, 4.69) is 45.5 Å². The van der Waals surface area contributed by atoms with E-state index in [1.807, 2.05) is 29.2 Å². The van der Waals surface area contributed by atoms with Crippen molar-refractivity contribution in [1.29, 1.82) is 0 Å². The maximum atomic E-state index is 11.8. The van der Waals surface area contributed by atoms with E-state index < -0.39 is 0 Å². The van der Waals surface area contributed by atoms with Gasteiger partial charge in [0, 0.05) is 26.1 Å². The van der Waals surface area contributed by atoms with Crippen LogP contribution in [0.25, 0.3) is 0 Å². The fourth-order valence-corrected chi connectivity index (χ4v) is 4.11. The monoisotopic (exact) mass is 420 g/mol. The van der Waals surface area contributed by atoms with Crippen molar-refractivity contribution in [3.8, 4) is 5.75 Å². The van der Waals surface area contributed by atoms with Gasteiger partial charge in [0.05, 0.1) is 6.61 Å². The highest BCUT2D eigenvalue weighted by molar-refractivity contribution is 6.04. The molecule has 0 atom stereocenters. The summed E-state index contributed by atoms with van der Waals surface area (Å²) in [5.74, 6) is 1.58. The Labute approximate surface area is 184 Å². The number of piperidine rings is 1. The first kappa shape index (κ1) is 21.4. The summed E-state index contributed by atoms with van der Waals surface area (Å²) in [5.41, 5.74) is 2.48. The van der Waals surface area contributed by atoms with Crippen LogP contribution in [0, 0.1) is 0 Å². The van der Waals surface area contributed by atoms with Crippen LogP contribution in [0.5, 0.6) is 5.75 Å². The van der Waals surface area contributed by atoms with Crippen LogP contribution in [0.15, 0.2) is 59.6 Å². The number of hydrogen-bond acceptors (Lipinski definition) is 4. The van der Waals surface area contributed by atoms with Gasteiger partial charge in [0.2, 0.25) is 11.9 Å². The Balaban J connectivity index is 1.22. The molecule has 164 valence electrons. The number of rotatable bonds is 9. The third-order valence-electron chi connectivity index (χ3n) is 5.69. The van der Waals surface area contributed by atoms with Crippen LogP contribution in [-0.2, 0) is 17.9 Å². The number of guanidine groups is 1. The number of carbonyl (C=O) groups excluding carboxylic acids is 1. The number of amides is 1. The third kappa shape index (κ3) is 6.56. The Hall–Kier alpha value is -2.86. The van der Waals surface area contributed by atoms with E-state index in [9.17, 15) is 4.79 Å². The molecule has 6 heteroatoms. The van der Waals surface area contributed by atoms with Crippen LogP contribution in [0.1, 0.15) is 36.8 Å². The molecule has 0 radical (unpaired) electrons. The molecule has 2 aliphatic heterocycles. The first-order chi connectivity index (χ1) is 15.3. The van der Waals surface area contributed by atoms with Gasteiger partial charge in [0.15, 0.2) is 0 Å². The van der Waals surface area contributed by atoms with E-state index in [0.717, 1.165) is 18.7 Å². The van der Waals surface area contributed by atoms with Crippen molar-refractivity contribution in [2.24, 2.45) is 4.99 Å². The van der Waals surface area contributed by atoms with E-state index in [0.29, 0.717) is 32.2 Å². The number of nitrogens with zero attached hydrogens (tertiary/aromatic N) is 3. The van der Waals surface area contributed by atoms with Gasteiger partial charge in [-0.25, -0.2) is 0 Å². The molecule has 1 N–H and O–H groups in total. The first-order valence-corrected chi connectivity index (χ1v) is 11.3. The second kappa shape index (κ2) is 11.0. The number of aliphatic imine (C=N–C) groups is 1. The van der Waals surface area contributed by atoms with Crippen molar-refractivity contribution in [2.75, 3.05) is 32.8 Å². The molecule has 0 unspecified atom stereocenters. The van der Waals surface area contributed by atoms with Crippen molar-refractivity contribution in [3.63, 3.8) is 0 Å². The maximum absolute atomic E-state index is 11.8. The quantitative estimate of drug-likeness (QED) is 0.632. The van der Waals surface area contributed by atoms with E-state index in [1.54, 1.807) is 0 Å². The lowest BCUT2D eigenvalue weighted by atomic mass is 10.1. The van der Waals surface area contributed by atoms with Crippen molar-refractivity contribution in [3.05, 3.63) is 65.7 Å². The highest BCUT2D eigenvalue weighted by Crippen LogP contribution is 2.18. The van der Waals surface area contributed by atoms with Crippen LogP contribution >= 0.6 is 0 Å². The van der Waals surface area contributed by atoms with Gasteiger partial charge in [0.25, 0.3) is 0 Å². The summed E-state index contributed by atoms with van der Waals surface area (Å²) in [4.78, 5) is 21.0. The van der Waals surface area contributed by atoms with Gasteiger partial charge < -0.3 is 9.64 Å². The average molecular weight is 421 g/mol. The van der Waals surface area contributed by atoms with E-state index in [-0.39, 0.29) is 5.91 Å². The molecule has 2 aliphatic rings. The number of nitrogens with one attached hydrogen (secondary N) is 1. The smallest absolute Gasteiger partial charge is 0.246 e. The molecule has 6 nitrogen and oxygen atoms in total. The molecule has 4 rings (SSSR count). The largest absolute Gasteiger partial charge is 0.494 e. The van der Waals surface area contributed by atoms with E-state index in [1.165, 1.54) is 43.5 Å². The first-order valence-electron chi connectivity index (χ1n) is 11.3. The van der Waals surface area contributed by atoms with Crippen LogP contribution in [0.2, 0.25) is 0 Å². The number of benzene rings is 2. The van der Waals surface area contributed by atoms with Gasteiger partial charge in [-0.05, 0) is 49.2 Å². The van der Waals surface area contributed by atoms with Gasteiger partial charge in [-0.1, -0.05) is 48.9 Å². The van der Waals surface area contributed by atoms with Crippen molar-refractivity contribution in [1.82, 2.24) is 15.1 Å². The van der Waals surface area contributed by atoms with E-state index in [4.69, 9.17) is 4.74 Å². The number of ether oxygens (including phenoxy) is 1. The molecule has 2 saturated heterocycles. The van der Waals surface area contributed by atoms with Crippen LogP contribution < -0.4 is 10.1 Å². The van der Waals surface area contributed by atoms with E-state index >= 15 is 0 Å². The summed E-state index contributed by atoms with van der Waals surface area (Å²) in [7, 11) is 0. The summed E-state index contributed by atoms with van der Waals surface area (Å²) in [5, 5.41) is 2.87. The molecule has 0 saturated carbocycles. The number of carbonyl (C=O) groups is 1. The second-order valence-corrected chi connectivity index (χ2v) is 8.28. The fourth-order valence-electron chi connectivity index (χ4n) is 4.11. The minimum atomic E-state index is -0.00329. The summed E-state index contributed by atoms with van der Waals surface area (Å²) in [6.45, 7) is 5.66. The SMILES string of the molecule is O=C1CN(Cc2ccccc2)C(=NCCCOc2cccc(CN3CCCCC3)c2)N1. The van der Waals surface area contributed by atoms with Gasteiger partial charge in [-0.2, -0.15) is 0 Å². The zero-order valence-electron chi connectivity index (χ0n) is 18.1. The molecule has 0 bridgehead atoms. The Morgan fingerprint density at radius 2 is 1.74 bits per heavy atom. The molecular formula is C25H32N4O2. The average Bonchev–Trinajstić information content (AvgIpc) is 3.14. The maximum Gasteiger partial charge on any atom is 0.246 e. The molecule has 31 heavy (non-hydrogen) atoms. The number of likely N-dealkylation sites (tertiary alicyclic amines) is 1. The number of hydrogen-bond donors (Lipinski definition) is 1. The normalized spacial score (nSPS) is 18.4. The molecule has 0 spiro atoms. The van der Waals surface area contributed by atoms with Crippen LogP contribution in [-0.4, -0.2) is 54.5 Å². The molecule has 2 aromatic carbocycles. The zero-order valence-corrected chi connectivity index (χ0v) is 18.1. The Kier molecular flexibility index (Phi) is 7.56. The molecule has 2 fully saturated rings. The lowest BCUT2D eigenvalue weighted by Crippen LogP contribution is -2.30. The fraction of sp³-hybridized carbons (Fsp3) is 0.440. The molecule has 2 heterocycles. The minimum absolute atomic E-state index is 0.00329. The predicted molar refractivity (Wildman–Crippen MR) is 123 cm³/mol. The van der Waals surface area contributed by atoms with Crippen molar-refractivity contribution in [2.45, 2.75) is 38.8 Å². The van der Waals surface area contributed by atoms with Gasteiger partial charge in [-0.3, -0.25) is 20.0 Å². The highest BCUT2D eigenvalue weighted by Gasteiger charge is 2.24. The second-order valence-electron chi connectivity index (χ2n) is 8.28. The molecular weight excluding hydrogens is 388 g/mol. The summed E-state index contributed by atoms with van der Waals surface area (Å²) in [6, 6.07) is 18.6. The molecule has 0 aliphatic carbocycles. The summed E-state index contributed by atoms with van der Waals surface area (Å²) >= 11 is 0. The highest BCUT2D eigenvalue weighted by atomic mass is 16.5. The van der Waals surface area contributed by atoms with Gasteiger partial charge in [0.1, 0.15) is 12.3 Å². The topological polar surface area (TPSA) is 57.2 Å². The molecule has 1 amide bonds. The van der Waals surface area contributed by atoms with Crippen molar-refractivity contribution >= 4 is 11.9 Å². The Morgan fingerprint density at radius 1 is 0.935 bits per heavy atom.